The van der Waals surface area contributed by atoms with Gasteiger partial charge in [0.2, 0.25) is 5.91 Å². The Hall–Kier alpha value is -5.93. The fourth-order valence-electron chi connectivity index (χ4n) is 6.90. The van der Waals surface area contributed by atoms with Crippen molar-refractivity contribution in [3.63, 3.8) is 0 Å². The molecule has 248 valence electrons. The van der Waals surface area contributed by atoms with Gasteiger partial charge < -0.3 is 15.0 Å². The van der Waals surface area contributed by atoms with Crippen LogP contribution in [0.25, 0.3) is 21.6 Å². The van der Waals surface area contributed by atoms with Crippen LogP contribution in [0.1, 0.15) is 61.3 Å². The molecule has 6 rings (SSSR count). The van der Waals surface area contributed by atoms with E-state index in [9.17, 15) is 9.59 Å². The van der Waals surface area contributed by atoms with Crippen molar-refractivity contribution in [2.24, 2.45) is 5.11 Å². The third-order valence-corrected chi connectivity index (χ3v) is 9.01. The summed E-state index contributed by atoms with van der Waals surface area (Å²) >= 11 is 0. The molecule has 0 aliphatic carbocycles. The summed E-state index contributed by atoms with van der Waals surface area (Å²) < 4.78 is 7.62. The van der Waals surface area contributed by atoms with Crippen LogP contribution in [0.5, 0.6) is 5.75 Å². The molecule has 11 heteroatoms. The predicted molar refractivity (Wildman–Crippen MR) is 189 cm³/mol. The van der Waals surface area contributed by atoms with Crippen LogP contribution >= 0.6 is 0 Å². The summed E-state index contributed by atoms with van der Waals surface area (Å²) in [7, 11) is 0. The number of ether oxygens (including phenoxy) is 1. The minimum absolute atomic E-state index is 0.0398. The molecule has 1 aliphatic heterocycles. The molecule has 0 saturated heterocycles. The van der Waals surface area contributed by atoms with E-state index in [1.807, 2.05) is 89.8 Å². The number of carbonyl (C=O) groups is 2. The van der Waals surface area contributed by atoms with Crippen molar-refractivity contribution in [1.82, 2.24) is 15.0 Å². The van der Waals surface area contributed by atoms with Crippen LogP contribution in [0.3, 0.4) is 0 Å². The summed E-state index contributed by atoms with van der Waals surface area (Å²) in [6.45, 7) is 8.91. The Morgan fingerprint density at radius 2 is 1.67 bits per heavy atom. The molecule has 0 radical (unpaired) electrons. The zero-order chi connectivity index (χ0) is 34.6. The van der Waals surface area contributed by atoms with E-state index in [0.717, 1.165) is 27.9 Å². The van der Waals surface area contributed by atoms with Crippen molar-refractivity contribution in [1.29, 1.82) is 0 Å². The maximum atomic E-state index is 13.4. The largest absolute Gasteiger partial charge is 0.487 e. The first-order valence-electron chi connectivity index (χ1n) is 16.1. The van der Waals surface area contributed by atoms with Gasteiger partial charge in [0.05, 0.1) is 6.20 Å². The number of azide groups is 1. The van der Waals surface area contributed by atoms with E-state index < -0.39 is 11.0 Å². The summed E-state index contributed by atoms with van der Waals surface area (Å²) in [5.74, 6) is 0.427. The van der Waals surface area contributed by atoms with E-state index in [0.29, 0.717) is 42.2 Å². The number of nitrogens with zero attached hydrogens (tertiary/aromatic N) is 7. The molecule has 11 nitrogen and oxygen atoms in total. The molecule has 49 heavy (non-hydrogen) atoms. The first-order chi connectivity index (χ1) is 23.6. The molecule has 4 aromatic carbocycles. The Bertz CT molecular complexity index is 2020. The highest BCUT2D eigenvalue weighted by molar-refractivity contribution is 6.05. The van der Waals surface area contributed by atoms with E-state index in [4.69, 9.17) is 10.3 Å². The zero-order valence-electron chi connectivity index (χ0n) is 28.0. The Morgan fingerprint density at radius 3 is 2.37 bits per heavy atom. The molecule has 5 aromatic rings. The van der Waals surface area contributed by atoms with E-state index in [1.54, 1.807) is 17.8 Å². The highest BCUT2D eigenvalue weighted by Gasteiger charge is 2.47. The van der Waals surface area contributed by atoms with Gasteiger partial charge in [-0.15, -0.1) is 5.10 Å². The lowest BCUT2D eigenvalue weighted by Crippen LogP contribution is -2.55. The number of nitrogens with one attached hydrogen (secondary N) is 1. The maximum absolute atomic E-state index is 13.4. The Morgan fingerprint density at radius 1 is 0.959 bits per heavy atom. The second-order valence-corrected chi connectivity index (χ2v) is 13.0. The number of carbonyl (C=O) groups excluding carboxylic acids is 2. The first-order valence-corrected chi connectivity index (χ1v) is 16.1. The van der Waals surface area contributed by atoms with Crippen molar-refractivity contribution >= 4 is 23.2 Å². The van der Waals surface area contributed by atoms with Crippen LogP contribution in [0.4, 0.5) is 11.4 Å². The molecule has 1 atom stereocenters. The lowest BCUT2D eigenvalue weighted by molar-refractivity contribution is -0.117. The summed E-state index contributed by atoms with van der Waals surface area (Å²) in [6.07, 6.45) is 2.42. The molecule has 1 aliphatic rings. The maximum Gasteiger partial charge on any atom is 0.255 e. The van der Waals surface area contributed by atoms with E-state index in [2.05, 4.69) is 58.6 Å². The standard InChI is InChI=1S/C38H38N8O3/c1-26(47)46-35-19-16-31(41-36(48)29-12-10-28(11-13-29)27-8-6-5-7-9-27)22-34(35)38(4,25-37(46,2)3)30-14-17-33(18-15-30)49-24-32-23-45(44-42-32)21-20-40-43-39/h5-19,22-23H,20-21,24-25H2,1-4H3,(H,41,48). The number of rotatable bonds is 10. The lowest BCUT2D eigenvalue weighted by atomic mass is 9.65. The SMILES string of the molecule is CC(=O)N1c2ccc(NC(=O)c3ccc(-c4ccccc4)cc3)cc2C(C)(c2ccc(OCc3cn(CCN=[N+]=[N-])nn3)cc2)CC1(C)C. The third kappa shape index (κ3) is 7.02. The summed E-state index contributed by atoms with van der Waals surface area (Å²) in [5.41, 5.74) is 14.3. The topological polar surface area (TPSA) is 138 Å². The van der Waals surface area contributed by atoms with Gasteiger partial charge >= 0.3 is 0 Å². The molecule has 2 amide bonds. The first kappa shape index (κ1) is 33.0. The predicted octanol–water partition coefficient (Wildman–Crippen LogP) is 7.93. The van der Waals surface area contributed by atoms with Gasteiger partial charge in [-0.25, -0.2) is 0 Å². The Balaban J connectivity index is 1.24. The van der Waals surface area contributed by atoms with Gasteiger partial charge in [0.15, 0.2) is 0 Å². The van der Waals surface area contributed by atoms with Gasteiger partial charge in [0, 0.05) is 52.8 Å². The van der Waals surface area contributed by atoms with Gasteiger partial charge in [-0.1, -0.05) is 71.8 Å². The third-order valence-electron chi connectivity index (χ3n) is 9.01. The number of aromatic nitrogens is 3. The minimum atomic E-state index is -0.490. The highest BCUT2D eigenvalue weighted by atomic mass is 16.5. The van der Waals surface area contributed by atoms with Gasteiger partial charge in [-0.2, -0.15) is 0 Å². The van der Waals surface area contributed by atoms with Gasteiger partial charge in [-0.05, 0) is 90.5 Å². The molecule has 1 N–H and O–H groups in total. The molecular formula is C38H38N8O3. The second kappa shape index (κ2) is 13.7. The Labute approximate surface area is 285 Å². The minimum Gasteiger partial charge on any atom is -0.487 e. The highest BCUT2D eigenvalue weighted by Crippen LogP contribution is 2.51. The van der Waals surface area contributed by atoms with Crippen molar-refractivity contribution in [3.05, 3.63) is 136 Å². The van der Waals surface area contributed by atoms with Crippen molar-refractivity contribution in [2.45, 2.75) is 58.2 Å². The molecule has 1 aromatic heterocycles. The zero-order valence-corrected chi connectivity index (χ0v) is 28.0. The second-order valence-electron chi connectivity index (χ2n) is 13.0. The number of hydrogen-bond donors (Lipinski definition) is 1. The van der Waals surface area contributed by atoms with Crippen LogP contribution in [0.2, 0.25) is 0 Å². The number of hydrogen-bond acceptors (Lipinski definition) is 6. The van der Waals surface area contributed by atoms with Crippen molar-refractivity contribution in [2.75, 3.05) is 16.8 Å². The summed E-state index contributed by atoms with van der Waals surface area (Å²) in [4.78, 5) is 31.0. The average molecular weight is 655 g/mol. The van der Waals surface area contributed by atoms with Crippen LogP contribution in [0.15, 0.2) is 108 Å². The molecule has 0 saturated carbocycles. The van der Waals surface area contributed by atoms with Gasteiger partial charge in [0.25, 0.3) is 5.91 Å². The fraction of sp³-hybridized carbons (Fsp3) is 0.263. The molecule has 0 spiro atoms. The smallest absolute Gasteiger partial charge is 0.255 e. The van der Waals surface area contributed by atoms with E-state index >= 15 is 0 Å². The van der Waals surface area contributed by atoms with Gasteiger partial charge in [-0.3, -0.25) is 14.3 Å². The summed E-state index contributed by atoms with van der Waals surface area (Å²) in [5, 5.41) is 14.8. The number of fused-ring (bicyclic) bond motifs is 1. The fourth-order valence-corrected chi connectivity index (χ4v) is 6.90. The molecule has 0 bridgehead atoms. The molecule has 2 heterocycles. The van der Waals surface area contributed by atoms with Crippen LogP contribution in [-0.4, -0.2) is 38.9 Å². The number of amides is 2. The molecule has 0 fully saturated rings. The van der Waals surface area contributed by atoms with Crippen LogP contribution in [-0.2, 0) is 23.4 Å². The summed E-state index contributed by atoms with van der Waals surface area (Å²) in [6, 6.07) is 31.4. The van der Waals surface area contributed by atoms with E-state index in [-0.39, 0.29) is 18.4 Å². The normalized spacial score (nSPS) is 16.3. The van der Waals surface area contributed by atoms with Crippen molar-refractivity contribution in [3.8, 4) is 16.9 Å². The number of benzene rings is 4. The van der Waals surface area contributed by atoms with Crippen LogP contribution in [0, 0.1) is 0 Å². The quantitative estimate of drug-likeness (QED) is 0.0926. The lowest BCUT2D eigenvalue weighted by Gasteiger charge is -2.51. The molecule has 1 unspecified atom stereocenters. The van der Waals surface area contributed by atoms with Gasteiger partial charge in [0.1, 0.15) is 18.1 Å². The monoisotopic (exact) mass is 654 g/mol. The number of anilines is 2. The average Bonchev–Trinajstić information content (AvgIpc) is 3.55. The Kier molecular flexibility index (Phi) is 9.20. The van der Waals surface area contributed by atoms with Crippen LogP contribution < -0.4 is 15.0 Å². The molecular weight excluding hydrogens is 616 g/mol. The van der Waals surface area contributed by atoms with E-state index in [1.165, 1.54) is 0 Å². The van der Waals surface area contributed by atoms with Crippen molar-refractivity contribution < 1.29 is 14.3 Å².